The number of rotatable bonds is 6. The van der Waals surface area contributed by atoms with Crippen LogP contribution in [0.2, 0.25) is 0 Å². The predicted molar refractivity (Wildman–Crippen MR) is 79.7 cm³/mol. The smallest absolute Gasteiger partial charge is 0.220 e. The minimum Gasteiger partial charge on any atom is -0.356 e. The molecule has 106 valence electrons. The van der Waals surface area contributed by atoms with Gasteiger partial charge in [-0.05, 0) is 36.1 Å². The van der Waals surface area contributed by atoms with Crippen molar-refractivity contribution in [3.05, 3.63) is 48.3 Å². The van der Waals surface area contributed by atoms with Gasteiger partial charge in [-0.1, -0.05) is 26.0 Å². The van der Waals surface area contributed by atoms with Crippen LogP contribution in [0.1, 0.15) is 25.8 Å². The van der Waals surface area contributed by atoms with Crippen molar-refractivity contribution in [1.29, 1.82) is 0 Å². The van der Waals surface area contributed by atoms with Crippen LogP contribution < -0.4 is 5.32 Å². The van der Waals surface area contributed by atoms with E-state index in [0.717, 1.165) is 12.1 Å². The van der Waals surface area contributed by atoms with E-state index in [0.29, 0.717) is 18.9 Å². The second-order valence-corrected chi connectivity index (χ2v) is 5.32. The normalized spacial score (nSPS) is 10.8. The van der Waals surface area contributed by atoms with Gasteiger partial charge < -0.3 is 5.32 Å². The van der Waals surface area contributed by atoms with Crippen molar-refractivity contribution in [2.24, 2.45) is 5.92 Å². The van der Waals surface area contributed by atoms with Crippen molar-refractivity contribution < 1.29 is 4.79 Å². The topological polar surface area (TPSA) is 46.9 Å². The summed E-state index contributed by atoms with van der Waals surface area (Å²) in [5.74, 6) is 0.538. The Morgan fingerprint density at radius 1 is 1.30 bits per heavy atom. The van der Waals surface area contributed by atoms with Gasteiger partial charge in [-0.3, -0.25) is 4.79 Å². The Hall–Kier alpha value is -2.10. The van der Waals surface area contributed by atoms with Gasteiger partial charge in [-0.2, -0.15) is 5.10 Å². The van der Waals surface area contributed by atoms with Crippen LogP contribution >= 0.6 is 0 Å². The largest absolute Gasteiger partial charge is 0.356 e. The highest BCUT2D eigenvalue weighted by Gasteiger charge is 2.04. The number of amides is 1. The van der Waals surface area contributed by atoms with Crippen LogP contribution in [0.5, 0.6) is 0 Å². The molecule has 20 heavy (non-hydrogen) atoms. The average molecular weight is 271 g/mol. The number of aromatic nitrogens is 2. The van der Waals surface area contributed by atoms with Crippen LogP contribution in [0, 0.1) is 5.92 Å². The highest BCUT2D eigenvalue weighted by Crippen LogP contribution is 2.08. The number of hydrogen-bond donors (Lipinski definition) is 1. The maximum absolute atomic E-state index is 11.5. The van der Waals surface area contributed by atoms with Crippen molar-refractivity contribution in [2.75, 3.05) is 6.54 Å². The molecule has 0 radical (unpaired) electrons. The van der Waals surface area contributed by atoms with Crippen LogP contribution in [-0.4, -0.2) is 22.2 Å². The van der Waals surface area contributed by atoms with E-state index in [9.17, 15) is 4.79 Å². The van der Waals surface area contributed by atoms with E-state index >= 15 is 0 Å². The monoisotopic (exact) mass is 271 g/mol. The predicted octanol–water partition coefficient (Wildman–Crippen LogP) is 2.58. The summed E-state index contributed by atoms with van der Waals surface area (Å²) in [6.07, 6.45) is 5.13. The van der Waals surface area contributed by atoms with E-state index in [1.165, 1.54) is 5.56 Å². The van der Waals surface area contributed by atoms with E-state index in [1.54, 1.807) is 6.20 Å². The van der Waals surface area contributed by atoms with E-state index in [1.807, 2.05) is 42.9 Å². The fraction of sp³-hybridized carbons (Fsp3) is 0.375. The molecule has 0 aliphatic rings. The first-order valence-corrected chi connectivity index (χ1v) is 7.01. The molecule has 2 rings (SSSR count). The van der Waals surface area contributed by atoms with Crippen LogP contribution in [0.25, 0.3) is 5.69 Å². The molecular formula is C16H21N3O. The summed E-state index contributed by atoms with van der Waals surface area (Å²) in [6.45, 7) is 4.79. The Bertz CT molecular complexity index is 529. The molecule has 1 amide bonds. The van der Waals surface area contributed by atoms with Crippen molar-refractivity contribution in [1.82, 2.24) is 15.1 Å². The third-order valence-corrected chi connectivity index (χ3v) is 3.03. The molecule has 0 saturated carbocycles. The molecule has 0 spiro atoms. The molecule has 0 unspecified atom stereocenters. The fourth-order valence-corrected chi connectivity index (χ4v) is 2.03. The van der Waals surface area contributed by atoms with Gasteiger partial charge in [0.05, 0.1) is 5.69 Å². The summed E-state index contributed by atoms with van der Waals surface area (Å²) in [6, 6.07) is 10.1. The van der Waals surface area contributed by atoms with E-state index in [2.05, 4.69) is 22.5 Å². The summed E-state index contributed by atoms with van der Waals surface area (Å²) in [5, 5.41) is 7.14. The van der Waals surface area contributed by atoms with E-state index in [4.69, 9.17) is 0 Å². The molecule has 1 aromatic heterocycles. The first-order chi connectivity index (χ1) is 9.65. The quantitative estimate of drug-likeness (QED) is 0.877. The average Bonchev–Trinajstić information content (AvgIpc) is 2.92. The molecule has 1 N–H and O–H groups in total. The maximum atomic E-state index is 11.5. The van der Waals surface area contributed by atoms with Crippen LogP contribution in [-0.2, 0) is 11.2 Å². The van der Waals surface area contributed by atoms with Crippen LogP contribution in [0.4, 0.5) is 0 Å². The second kappa shape index (κ2) is 6.89. The summed E-state index contributed by atoms with van der Waals surface area (Å²) in [4.78, 5) is 11.5. The Morgan fingerprint density at radius 3 is 2.65 bits per heavy atom. The molecule has 0 aliphatic heterocycles. The highest BCUT2D eigenvalue weighted by molar-refractivity contribution is 5.76. The summed E-state index contributed by atoms with van der Waals surface area (Å²) in [7, 11) is 0. The lowest BCUT2D eigenvalue weighted by molar-refractivity contribution is -0.121. The van der Waals surface area contributed by atoms with Gasteiger partial charge in [-0.25, -0.2) is 4.68 Å². The molecule has 4 nitrogen and oxygen atoms in total. The molecule has 0 bridgehead atoms. The van der Waals surface area contributed by atoms with Gasteiger partial charge >= 0.3 is 0 Å². The summed E-state index contributed by atoms with van der Waals surface area (Å²) in [5.41, 5.74) is 2.26. The number of benzene rings is 1. The number of carbonyl (C=O) groups is 1. The van der Waals surface area contributed by atoms with Crippen molar-refractivity contribution >= 4 is 5.91 Å². The van der Waals surface area contributed by atoms with Crippen molar-refractivity contribution in [3.63, 3.8) is 0 Å². The highest BCUT2D eigenvalue weighted by atomic mass is 16.1. The number of hydrogen-bond acceptors (Lipinski definition) is 2. The molecule has 2 aromatic rings. The minimum absolute atomic E-state index is 0.133. The first-order valence-electron chi connectivity index (χ1n) is 7.01. The molecule has 4 heteroatoms. The summed E-state index contributed by atoms with van der Waals surface area (Å²) >= 11 is 0. The molecule has 1 heterocycles. The van der Waals surface area contributed by atoms with Gasteiger partial charge in [0.25, 0.3) is 0 Å². The zero-order valence-corrected chi connectivity index (χ0v) is 12.0. The Balaban J connectivity index is 1.81. The fourth-order valence-electron chi connectivity index (χ4n) is 2.03. The van der Waals surface area contributed by atoms with E-state index in [-0.39, 0.29) is 5.91 Å². The third kappa shape index (κ3) is 4.23. The minimum atomic E-state index is 0.133. The van der Waals surface area contributed by atoms with Gasteiger partial charge in [-0.15, -0.1) is 0 Å². The lowest BCUT2D eigenvalue weighted by Gasteiger charge is -2.08. The molecule has 0 fully saturated rings. The van der Waals surface area contributed by atoms with Crippen LogP contribution in [0.3, 0.4) is 0 Å². The first kappa shape index (κ1) is 14.3. The number of nitrogens with one attached hydrogen (secondary N) is 1. The Morgan fingerprint density at radius 2 is 2.05 bits per heavy atom. The van der Waals surface area contributed by atoms with Gasteiger partial charge in [0, 0.05) is 25.4 Å². The molecular weight excluding hydrogens is 250 g/mol. The zero-order chi connectivity index (χ0) is 14.4. The third-order valence-electron chi connectivity index (χ3n) is 3.03. The molecule has 0 aliphatic carbocycles. The molecule has 0 atom stereocenters. The van der Waals surface area contributed by atoms with Crippen LogP contribution in [0.15, 0.2) is 42.7 Å². The molecule has 0 saturated heterocycles. The Labute approximate surface area is 119 Å². The van der Waals surface area contributed by atoms with E-state index < -0.39 is 0 Å². The second-order valence-electron chi connectivity index (χ2n) is 5.32. The summed E-state index contributed by atoms with van der Waals surface area (Å²) < 4.78 is 1.83. The van der Waals surface area contributed by atoms with Crippen molar-refractivity contribution in [2.45, 2.75) is 26.7 Å². The SMILES string of the molecule is CC(C)CC(=O)NCCc1ccc(-n2cccn2)cc1. The van der Waals surface area contributed by atoms with Gasteiger partial charge in [0.1, 0.15) is 0 Å². The standard InChI is InChI=1S/C16H21N3O/c1-13(2)12-16(20)17-10-8-14-4-6-15(7-5-14)19-11-3-9-18-19/h3-7,9,11,13H,8,10,12H2,1-2H3,(H,17,20). The van der Waals surface area contributed by atoms with Gasteiger partial charge in [0.15, 0.2) is 0 Å². The molecule has 1 aromatic carbocycles. The van der Waals surface area contributed by atoms with Crippen molar-refractivity contribution in [3.8, 4) is 5.69 Å². The maximum Gasteiger partial charge on any atom is 0.220 e. The number of carbonyl (C=O) groups excluding carboxylic acids is 1. The Kier molecular flexibility index (Phi) is 4.93. The van der Waals surface area contributed by atoms with Gasteiger partial charge in [0.2, 0.25) is 5.91 Å². The number of nitrogens with zero attached hydrogens (tertiary/aromatic N) is 2. The lowest BCUT2D eigenvalue weighted by atomic mass is 10.1. The lowest BCUT2D eigenvalue weighted by Crippen LogP contribution is -2.26. The zero-order valence-electron chi connectivity index (χ0n) is 12.0.